The van der Waals surface area contributed by atoms with Gasteiger partial charge in [0.2, 0.25) is 5.16 Å². The number of nitrogens with zero attached hydrogens (tertiary/aromatic N) is 2. The van der Waals surface area contributed by atoms with Crippen LogP contribution in [0.3, 0.4) is 0 Å². The third kappa shape index (κ3) is 2.67. The number of piperidine rings is 1. The van der Waals surface area contributed by atoms with Gasteiger partial charge in [0.25, 0.3) is 10.0 Å². The summed E-state index contributed by atoms with van der Waals surface area (Å²) in [7, 11) is -3.57. The molecule has 3 rings (SSSR count). The number of hydrogen-bond acceptors (Lipinski definition) is 4. The number of H-pyrrole nitrogens is 1. The normalized spacial score (nSPS) is 20.8. The molecule has 8 heteroatoms. The third-order valence-corrected chi connectivity index (χ3v) is 5.07. The highest BCUT2D eigenvalue weighted by Crippen LogP contribution is 2.20. The smallest absolute Gasteiger partial charge is 0.276 e. The van der Waals surface area contributed by atoms with Crippen LogP contribution in [0.2, 0.25) is 0 Å². The van der Waals surface area contributed by atoms with E-state index in [1.807, 2.05) is 18.2 Å². The number of nitrogens with two attached hydrogens (primary N) is 1. The molecule has 1 unspecified atom stereocenters. The van der Waals surface area contributed by atoms with Crippen molar-refractivity contribution in [3.8, 4) is 0 Å². The van der Waals surface area contributed by atoms with Crippen molar-refractivity contribution in [1.29, 1.82) is 0 Å². The summed E-state index contributed by atoms with van der Waals surface area (Å²) in [5.41, 5.74) is 7.22. The number of nitrogens with one attached hydrogen (secondary N) is 1. The molecule has 1 aromatic carbocycles. The number of halogens is 1. The van der Waals surface area contributed by atoms with Crippen LogP contribution in [0.4, 0.5) is 0 Å². The summed E-state index contributed by atoms with van der Waals surface area (Å²) in [6, 6.07) is 7.17. The molecule has 20 heavy (non-hydrogen) atoms. The van der Waals surface area contributed by atoms with E-state index < -0.39 is 10.0 Å². The molecule has 3 N–H and O–H groups in total. The van der Waals surface area contributed by atoms with Gasteiger partial charge in [-0.3, -0.25) is 0 Å². The maximum Gasteiger partial charge on any atom is 0.276 e. The number of fused-ring (bicyclic) bond motifs is 1. The van der Waals surface area contributed by atoms with Crippen molar-refractivity contribution >= 4 is 33.5 Å². The van der Waals surface area contributed by atoms with Crippen LogP contribution >= 0.6 is 12.4 Å². The Morgan fingerprint density at radius 2 is 2.10 bits per heavy atom. The highest BCUT2D eigenvalue weighted by atomic mass is 35.5. The van der Waals surface area contributed by atoms with E-state index in [1.165, 1.54) is 4.31 Å². The quantitative estimate of drug-likeness (QED) is 0.867. The minimum atomic E-state index is -3.57. The summed E-state index contributed by atoms with van der Waals surface area (Å²) < 4.78 is 26.4. The minimum Gasteiger partial charge on any atom is -0.328 e. The summed E-state index contributed by atoms with van der Waals surface area (Å²) in [4.78, 5) is 7.03. The first-order valence-electron chi connectivity index (χ1n) is 6.28. The molecule has 1 saturated heterocycles. The summed E-state index contributed by atoms with van der Waals surface area (Å²) >= 11 is 0. The van der Waals surface area contributed by atoms with Crippen molar-refractivity contribution in [2.75, 3.05) is 13.1 Å². The predicted molar refractivity (Wildman–Crippen MR) is 79.3 cm³/mol. The average Bonchev–Trinajstić information content (AvgIpc) is 2.83. The van der Waals surface area contributed by atoms with E-state index in [9.17, 15) is 8.42 Å². The average molecular weight is 317 g/mol. The van der Waals surface area contributed by atoms with E-state index in [2.05, 4.69) is 9.97 Å². The topological polar surface area (TPSA) is 92.1 Å². The van der Waals surface area contributed by atoms with Gasteiger partial charge in [0.15, 0.2) is 0 Å². The number of para-hydroxylation sites is 2. The van der Waals surface area contributed by atoms with Crippen LogP contribution in [0.15, 0.2) is 29.4 Å². The predicted octanol–water partition coefficient (Wildman–Crippen LogP) is 1.10. The molecule has 1 fully saturated rings. The summed E-state index contributed by atoms with van der Waals surface area (Å²) in [5.74, 6) is 0. The number of aromatic amines is 1. The Bertz CT molecular complexity index is 667. The summed E-state index contributed by atoms with van der Waals surface area (Å²) in [6.07, 6.45) is 1.66. The molecule has 6 nitrogen and oxygen atoms in total. The number of rotatable bonds is 2. The lowest BCUT2D eigenvalue weighted by atomic mass is 10.1. The van der Waals surface area contributed by atoms with Crippen molar-refractivity contribution in [3.63, 3.8) is 0 Å². The molecule has 1 aliphatic rings. The zero-order chi connectivity index (χ0) is 13.5. The number of sulfonamides is 1. The molecule has 0 aliphatic carbocycles. The van der Waals surface area contributed by atoms with Crippen molar-refractivity contribution in [2.24, 2.45) is 5.73 Å². The van der Waals surface area contributed by atoms with Gasteiger partial charge in [-0.05, 0) is 25.0 Å². The first-order valence-corrected chi connectivity index (χ1v) is 7.72. The Hall–Kier alpha value is -1.15. The number of imidazole rings is 1. The number of aromatic nitrogens is 2. The highest BCUT2D eigenvalue weighted by molar-refractivity contribution is 7.89. The van der Waals surface area contributed by atoms with Gasteiger partial charge in [0.1, 0.15) is 0 Å². The first kappa shape index (κ1) is 15.2. The summed E-state index contributed by atoms with van der Waals surface area (Å²) in [6.45, 7) is 0.868. The molecule has 110 valence electrons. The molecule has 2 aromatic rings. The van der Waals surface area contributed by atoms with Crippen molar-refractivity contribution in [1.82, 2.24) is 14.3 Å². The monoisotopic (exact) mass is 316 g/mol. The van der Waals surface area contributed by atoms with Crippen LogP contribution in [0.5, 0.6) is 0 Å². The second kappa shape index (κ2) is 5.69. The SMILES string of the molecule is Cl.NC1CCCN(S(=O)(=O)c2nc3ccccc3[nH]2)C1. The maximum atomic E-state index is 12.5. The molecular weight excluding hydrogens is 300 g/mol. The van der Waals surface area contributed by atoms with Gasteiger partial charge in [-0.15, -0.1) is 12.4 Å². The van der Waals surface area contributed by atoms with Crippen LogP contribution in [-0.2, 0) is 10.0 Å². The second-order valence-electron chi connectivity index (χ2n) is 4.82. The van der Waals surface area contributed by atoms with Gasteiger partial charge in [0.05, 0.1) is 11.0 Å². The maximum absolute atomic E-state index is 12.5. The summed E-state index contributed by atoms with van der Waals surface area (Å²) in [5, 5.41) is 0.00259. The van der Waals surface area contributed by atoms with E-state index in [0.29, 0.717) is 18.6 Å². The van der Waals surface area contributed by atoms with Crippen LogP contribution in [0.25, 0.3) is 11.0 Å². The fourth-order valence-electron chi connectivity index (χ4n) is 2.37. The molecular formula is C12H17ClN4O2S. The zero-order valence-corrected chi connectivity index (χ0v) is 12.5. The lowest BCUT2D eigenvalue weighted by Gasteiger charge is -2.28. The van der Waals surface area contributed by atoms with E-state index in [0.717, 1.165) is 18.4 Å². The van der Waals surface area contributed by atoms with Crippen LogP contribution in [0.1, 0.15) is 12.8 Å². The lowest BCUT2D eigenvalue weighted by molar-refractivity contribution is 0.314. The third-order valence-electron chi connectivity index (χ3n) is 3.37. The zero-order valence-electron chi connectivity index (χ0n) is 10.8. The van der Waals surface area contributed by atoms with E-state index >= 15 is 0 Å². The van der Waals surface area contributed by atoms with Crippen molar-refractivity contribution in [2.45, 2.75) is 24.0 Å². The largest absolute Gasteiger partial charge is 0.328 e. The molecule has 1 atom stereocenters. The minimum absolute atomic E-state index is 0. The fraction of sp³-hybridized carbons (Fsp3) is 0.417. The Morgan fingerprint density at radius 3 is 2.80 bits per heavy atom. The molecule has 2 heterocycles. The standard InChI is InChI=1S/C12H16N4O2S.ClH/c13-9-4-3-7-16(8-9)19(17,18)12-14-10-5-1-2-6-11(10)15-12;/h1-2,5-6,9H,3-4,7-8,13H2,(H,14,15);1H. The molecule has 0 amide bonds. The molecule has 1 aromatic heterocycles. The molecule has 0 radical (unpaired) electrons. The van der Waals surface area contributed by atoms with Gasteiger partial charge < -0.3 is 10.7 Å². The van der Waals surface area contributed by atoms with Gasteiger partial charge in [-0.2, -0.15) is 4.31 Å². The second-order valence-corrected chi connectivity index (χ2v) is 6.68. The molecule has 1 aliphatic heterocycles. The first-order chi connectivity index (χ1) is 9.07. The Balaban J connectivity index is 0.00000147. The van der Waals surface area contributed by atoms with Crippen molar-refractivity contribution in [3.05, 3.63) is 24.3 Å². The van der Waals surface area contributed by atoms with E-state index in [1.54, 1.807) is 6.07 Å². The van der Waals surface area contributed by atoms with Crippen LogP contribution in [-0.4, -0.2) is 41.8 Å². The number of benzene rings is 1. The molecule has 0 saturated carbocycles. The Morgan fingerprint density at radius 1 is 1.35 bits per heavy atom. The van der Waals surface area contributed by atoms with Crippen molar-refractivity contribution < 1.29 is 8.42 Å². The van der Waals surface area contributed by atoms with Gasteiger partial charge in [0, 0.05) is 19.1 Å². The lowest BCUT2D eigenvalue weighted by Crippen LogP contribution is -2.45. The molecule has 0 spiro atoms. The molecule has 0 bridgehead atoms. The van der Waals surface area contributed by atoms with E-state index in [-0.39, 0.29) is 23.6 Å². The fourth-order valence-corrected chi connectivity index (χ4v) is 3.82. The van der Waals surface area contributed by atoms with Gasteiger partial charge in [-0.25, -0.2) is 13.4 Å². The van der Waals surface area contributed by atoms with Gasteiger partial charge >= 0.3 is 0 Å². The van der Waals surface area contributed by atoms with E-state index in [4.69, 9.17) is 5.73 Å². The number of hydrogen-bond donors (Lipinski definition) is 2. The van der Waals surface area contributed by atoms with Crippen LogP contribution in [0, 0.1) is 0 Å². The van der Waals surface area contributed by atoms with Gasteiger partial charge in [-0.1, -0.05) is 12.1 Å². The Labute approximate surface area is 123 Å². The highest BCUT2D eigenvalue weighted by Gasteiger charge is 2.31. The Kier molecular flexibility index (Phi) is 4.33. The van der Waals surface area contributed by atoms with Crippen LogP contribution < -0.4 is 5.73 Å².